The third kappa shape index (κ3) is 18.6. The summed E-state index contributed by atoms with van der Waals surface area (Å²) in [6, 6.07) is -4.45. The normalized spacial score (nSPS) is 25.8. The fourth-order valence-corrected chi connectivity index (χ4v) is 12.0. The maximum Gasteiger partial charge on any atom is 0.408 e. The van der Waals surface area contributed by atoms with E-state index in [2.05, 4.69) is 20.9 Å². The predicted molar refractivity (Wildman–Crippen MR) is 298 cm³/mol. The van der Waals surface area contributed by atoms with Gasteiger partial charge in [-0.2, -0.15) is 0 Å². The first-order valence-electron chi connectivity index (χ1n) is 27.7. The average Bonchev–Trinajstić information content (AvgIpc) is 4.06. The number of rotatable bonds is 16. The molecule has 438 valence electrons. The highest BCUT2D eigenvalue weighted by Gasteiger charge is 2.54. The minimum Gasteiger partial charge on any atom is -0.480 e. The molecule has 0 radical (unpaired) electrons. The van der Waals surface area contributed by atoms with Crippen molar-refractivity contribution in [1.29, 1.82) is 0 Å². The molecule has 12 atom stereocenters. The summed E-state index contributed by atoms with van der Waals surface area (Å²) in [6.07, 6.45) is 9.44. The Bertz CT molecular complexity index is 2110. The summed E-state index contributed by atoms with van der Waals surface area (Å²) in [4.78, 5) is 107. The number of halogens is 1. The van der Waals surface area contributed by atoms with E-state index >= 15 is 0 Å². The second-order valence-electron chi connectivity index (χ2n) is 26.5. The van der Waals surface area contributed by atoms with E-state index in [0.717, 1.165) is 64.2 Å². The van der Waals surface area contributed by atoms with Crippen LogP contribution in [0.15, 0.2) is 4.99 Å². The molecule has 6 aliphatic rings. The summed E-state index contributed by atoms with van der Waals surface area (Å²) >= 11 is 1.98. The molecular weight excluding hydrogens is 1110 g/mol. The van der Waals surface area contributed by atoms with Gasteiger partial charge in [-0.15, -0.1) is 0 Å². The van der Waals surface area contributed by atoms with E-state index in [4.69, 9.17) is 20.9 Å². The fraction of sp³-hybridized carbons (Fsp3) is 0.836. The molecule has 6 fully saturated rings. The molecule has 2 heterocycles. The van der Waals surface area contributed by atoms with Crippen LogP contribution in [-0.4, -0.2) is 150 Å². The molecule has 0 aromatic rings. The number of carboxylic acid groups (broad SMARTS) is 1. The lowest BCUT2D eigenvalue weighted by molar-refractivity contribution is -0.151. The number of hydrogen-bond acceptors (Lipinski definition) is 13. The van der Waals surface area contributed by atoms with Gasteiger partial charge in [-0.3, -0.25) is 29.0 Å². The topological polar surface area (TPSA) is 323 Å². The molecule has 7 amide bonds. The monoisotopic (exact) mass is 1200 g/mol. The number of aliphatic hydroxyl groups is 2. The second kappa shape index (κ2) is 27.2. The highest BCUT2D eigenvalue weighted by molar-refractivity contribution is 14.1. The lowest BCUT2D eigenvalue weighted by Gasteiger charge is -2.37. The minimum atomic E-state index is -1.49. The smallest absolute Gasteiger partial charge is 0.408 e. The van der Waals surface area contributed by atoms with Gasteiger partial charge < -0.3 is 62.0 Å². The van der Waals surface area contributed by atoms with Crippen LogP contribution in [0, 0.1) is 46.3 Å². The number of alkyl carbamates (subject to hydrolysis) is 2. The summed E-state index contributed by atoms with van der Waals surface area (Å²) in [6.45, 7) is 22.5. The fourth-order valence-electron chi connectivity index (χ4n) is 11.6. The molecule has 10 N–H and O–H groups in total. The summed E-state index contributed by atoms with van der Waals surface area (Å²) in [5.74, 6) is -2.22. The molecule has 6 rings (SSSR count). The molecule has 0 aromatic heterocycles. The van der Waals surface area contributed by atoms with Crippen molar-refractivity contribution in [2.75, 3.05) is 13.1 Å². The van der Waals surface area contributed by atoms with Crippen molar-refractivity contribution in [3.05, 3.63) is 0 Å². The number of nitrogens with zero attached hydrogens (tertiary/aromatic N) is 3. The Morgan fingerprint density at radius 3 is 1.34 bits per heavy atom. The molecule has 4 unspecified atom stereocenters. The summed E-state index contributed by atoms with van der Waals surface area (Å²) in [7, 11) is 0. The van der Waals surface area contributed by atoms with E-state index in [1.807, 2.05) is 64.1 Å². The zero-order chi connectivity index (χ0) is 58.1. The highest BCUT2D eigenvalue weighted by Crippen LogP contribution is 2.45. The third-order valence-corrected chi connectivity index (χ3v) is 16.3. The molecule has 0 aromatic carbocycles. The van der Waals surface area contributed by atoms with Gasteiger partial charge >= 0.3 is 18.2 Å². The van der Waals surface area contributed by atoms with Crippen molar-refractivity contribution in [2.24, 2.45) is 62.8 Å². The largest absolute Gasteiger partial charge is 0.480 e. The van der Waals surface area contributed by atoms with Gasteiger partial charge in [0, 0.05) is 13.1 Å². The molecule has 4 aliphatic carbocycles. The Labute approximate surface area is 469 Å². The first-order valence-corrected chi connectivity index (χ1v) is 29.0. The lowest BCUT2D eigenvalue weighted by Crippen LogP contribution is -2.60. The Morgan fingerprint density at radius 2 is 0.987 bits per heavy atom. The number of carbonyl (C=O) groups is 8. The molecule has 0 spiro atoms. The second-order valence-corrected chi connectivity index (χ2v) is 27.1. The summed E-state index contributed by atoms with van der Waals surface area (Å²) < 4.78 is 12.3. The number of nitrogens with two attached hydrogens (primary N) is 2. The number of aliphatic hydroxyl groups excluding tert-OH is 2. The van der Waals surface area contributed by atoms with Crippen LogP contribution in [0.5, 0.6) is 0 Å². The van der Waals surface area contributed by atoms with E-state index in [9.17, 15) is 53.7 Å². The van der Waals surface area contributed by atoms with Crippen LogP contribution >= 0.6 is 22.6 Å². The number of carbonyl (C=O) groups excluding carboxylic acids is 7. The van der Waals surface area contributed by atoms with Crippen molar-refractivity contribution in [3.8, 4) is 0 Å². The van der Waals surface area contributed by atoms with Crippen molar-refractivity contribution in [3.63, 3.8) is 0 Å². The third-order valence-electron chi connectivity index (χ3n) is 15.9. The molecule has 2 aliphatic heterocycles. The van der Waals surface area contributed by atoms with Crippen molar-refractivity contribution >= 4 is 74.5 Å². The molecule has 4 saturated carbocycles. The number of aliphatic imine (C=N–C) groups is 1. The number of aliphatic carboxylic acids is 1. The van der Waals surface area contributed by atoms with Gasteiger partial charge in [-0.1, -0.05) is 92.9 Å². The molecule has 0 bridgehead atoms. The lowest BCUT2D eigenvalue weighted by atomic mass is 9.79. The number of nitrogens with one attached hydrogen (secondary N) is 3. The van der Waals surface area contributed by atoms with E-state index in [-0.39, 0.29) is 47.4 Å². The first-order chi connectivity index (χ1) is 35.5. The molecule has 77 heavy (non-hydrogen) atoms. The Balaban J connectivity index is 0.000000276. The molecule has 2 saturated heterocycles. The van der Waals surface area contributed by atoms with Gasteiger partial charge in [-0.05, 0) is 149 Å². The molecule has 21 nitrogen and oxygen atoms in total. The van der Waals surface area contributed by atoms with Crippen LogP contribution in [0.2, 0.25) is 0 Å². The Morgan fingerprint density at radius 1 is 0.597 bits per heavy atom. The van der Waals surface area contributed by atoms with E-state index in [0.29, 0.717) is 31.3 Å². The van der Waals surface area contributed by atoms with Gasteiger partial charge in [0.05, 0.1) is 16.3 Å². The predicted octanol–water partition coefficient (Wildman–Crippen LogP) is 5.57. The maximum atomic E-state index is 14.0. The van der Waals surface area contributed by atoms with Gasteiger partial charge in [0.15, 0.2) is 12.2 Å². The number of primary amides is 2. The number of amides is 7. The van der Waals surface area contributed by atoms with Gasteiger partial charge in [-0.25, -0.2) is 14.4 Å². The number of ether oxygens (including phenoxy) is 2. The maximum absolute atomic E-state index is 14.0. The van der Waals surface area contributed by atoms with Crippen molar-refractivity contribution in [1.82, 2.24) is 25.8 Å². The number of fused-ring (bicyclic) bond motifs is 2. The quantitative estimate of drug-likeness (QED) is 0.0694. The van der Waals surface area contributed by atoms with Gasteiger partial charge in [0.1, 0.15) is 35.4 Å². The molecule has 22 heteroatoms. The zero-order valence-electron chi connectivity index (χ0n) is 47.8. The van der Waals surface area contributed by atoms with Crippen molar-refractivity contribution in [2.45, 2.75) is 233 Å². The SMILES string of the molecule is CC(C)(C)OC(=O)N[C@H](C(=O)N1C[C@@H]2CCC[C@@H]2[C@H]1C(=O)NC(CC1CCC1)C(O)C(N)=O)C(C)(C)C.CC(C)(C)OC(=O)N[C@H](C(=O)N1C[C@@H]2CCC[C@@H]2[C@H]1C(=O)O)C(C)(C)C.NC(=O)C(O)C(CC1CCC1)N=CI. The number of hydrogen-bond donors (Lipinski definition) is 8. The number of carboxylic acids is 1. The first kappa shape index (κ1) is 65.2. The Kier molecular flexibility index (Phi) is 23.1. The van der Waals surface area contributed by atoms with Gasteiger partial charge in [0.2, 0.25) is 29.5 Å². The minimum absolute atomic E-state index is 0.0126. The van der Waals surface area contributed by atoms with Crippen LogP contribution in [0.3, 0.4) is 0 Å². The standard InChI is InChI=1S/C27H46N4O6.C19H32N2O5.C9H15IN2O2/c1-26(2,3)21(30-25(36)37-27(4,5)6)24(35)31-14-16-11-8-12-17(16)19(31)23(34)29-18(20(32)22(28)33)13-15-9-7-10-15;1-18(2,3)14(20-17(25)26-19(4,5)6)15(22)21-10-11-8-7-9-12(11)13(21)16(23)24;10-5-12-7(8(13)9(11)14)4-6-2-1-3-6/h15-21,32H,7-14H2,1-6H3,(H2,28,33)(H,29,34)(H,30,36);11-14H,7-10H2,1-6H3,(H,20,25)(H,23,24);5-8,13H,1-4H2,(H2,11,14)/t16-,17-,18?,19-,20?,21+;11-,12-,13-,14+;/m00./s1. The van der Waals surface area contributed by atoms with Crippen LogP contribution < -0.4 is 27.4 Å². The number of likely N-dealkylation sites (tertiary alicyclic amines) is 2. The van der Waals surface area contributed by atoms with Crippen LogP contribution in [0.4, 0.5) is 9.59 Å². The van der Waals surface area contributed by atoms with E-state index in [1.165, 1.54) is 24.2 Å². The summed E-state index contributed by atoms with van der Waals surface area (Å²) in [5.41, 5.74) is 7.81. The van der Waals surface area contributed by atoms with E-state index < -0.39 is 94.4 Å². The molecular formula is C55H93IN8O13. The van der Waals surface area contributed by atoms with Crippen LogP contribution in [0.1, 0.15) is 173 Å². The van der Waals surface area contributed by atoms with Crippen LogP contribution in [0.25, 0.3) is 0 Å². The average molecular weight is 1200 g/mol. The van der Waals surface area contributed by atoms with Crippen molar-refractivity contribution < 1.29 is 63.1 Å². The zero-order valence-corrected chi connectivity index (χ0v) is 49.9. The highest BCUT2D eigenvalue weighted by atomic mass is 127. The van der Waals surface area contributed by atoms with Gasteiger partial charge in [0.25, 0.3) is 0 Å². The van der Waals surface area contributed by atoms with Crippen LogP contribution in [-0.2, 0) is 38.2 Å². The Hall–Kier alpha value is -4.32. The summed E-state index contributed by atoms with van der Waals surface area (Å²) in [5, 5.41) is 38.0. The van der Waals surface area contributed by atoms with E-state index in [1.54, 1.807) is 50.7 Å².